The molecule has 0 fully saturated rings. The minimum atomic E-state index is -4.38. The first kappa shape index (κ1) is 18.3. The third kappa shape index (κ3) is 4.20. The van der Waals surface area contributed by atoms with E-state index in [1.807, 2.05) is 0 Å². The summed E-state index contributed by atoms with van der Waals surface area (Å²) < 4.78 is 56.7. The molecule has 8 heteroatoms. The van der Waals surface area contributed by atoms with Crippen molar-refractivity contribution in [3.8, 4) is 16.3 Å². The molecule has 2 N–H and O–H groups in total. The van der Waals surface area contributed by atoms with Crippen LogP contribution in [0, 0.1) is 5.82 Å². The van der Waals surface area contributed by atoms with Gasteiger partial charge >= 0.3 is 6.18 Å². The summed E-state index contributed by atoms with van der Waals surface area (Å²) in [5.74, 6) is -0.0336. The lowest BCUT2D eigenvalue weighted by atomic mass is 10.1. The van der Waals surface area contributed by atoms with E-state index in [2.05, 4.69) is 4.98 Å². The monoisotopic (exact) mass is 382 g/mol. The Morgan fingerprint density at radius 3 is 2.42 bits per heavy atom. The van der Waals surface area contributed by atoms with E-state index in [1.54, 1.807) is 6.07 Å². The van der Waals surface area contributed by atoms with Crippen molar-refractivity contribution in [2.24, 2.45) is 5.73 Å². The van der Waals surface area contributed by atoms with Crippen molar-refractivity contribution in [1.82, 2.24) is 4.98 Å². The van der Waals surface area contributed by atoms with Crippen molar-refractivity contribution in [2.75, 3.05) is 0 Å². The molecule has 0 aliphatic heterocycles. The molecular weight excluding hydrogens is 368 g/mol. The quantitative estimate of drug-likeness (QED) is 0.632. The van der Waals surface area contributed by atoms with Crippen molar-refractivity contribution in [1.29, 1.82) is 0 Å². The fraction of sp³-hybridized carbons (Fsp3) is 0.167. The van der Waals surface area contributed by atoms with Crippen LogP contribution < -0.4 is 10.5 Å². The molecule has 136 valence electrons. The second kappa shape index (κ2) is 7.43. The molecule has 26 heavy (non-hydrogen) atoms. The largest absolute Gasteiger partial charge is 0.488 e. The highest BCUT2D eigenvalue weighted by atomic mass is 32.1. The number of benzene rings is 2. The lowest BCUT2D eigenvalue weighted by molar-refractivity contribution is -0.137. The molecule has 0 aliphatic carbocycles. The molecule has 0 bridgehead atoms. The van der Waals surface area contributed by atoms with Crippen LogP contribution in [0.4, 0.5) is 17.6 Å². The van der Waals surface area contributed by atoms with Crippen LogP contribution in [0.5, 0.6) is 5.75 Å². The average Bonchev–Trinajstić information content (AvgIpc) is 3.03. The lowest BCUT2D eigenvalue weighted by Crippen LogP contribution is -2.04. The minimum absolute atomic E-state index is 0.147. The van der Waals surface area contributed by atoms with Crippen molar-refractivity contribution in [3.05, 3.63) is 70.5 Å². The van der Waals surface area contributed by atoms with Gasteiger partial charge in [0.15, 0.2) is 0 Å². The van der Waals surface area contributed by atoms with Gasteiger partial charge in [0.25, 0.3) is 0 Å². The molecule has 0 atom stereocenters. The van der Waals surface area contributed by atoms with E-state index in [9.17, 15) is 17.6 Å². The molecule has 0 unspecified atom stereocenters. The molecule has 2 aromatic carbocycles. The smallest absolute Gasteiger partial charge is 0.416 e. The van der Waals surface area contributed by atoms with Crippen LogP contribution in [0.3, 0.4) is 0 Å². The number of ether oxygens (including phenoxy) is 1. The van der Waals surface area contributed by atoms with Crippen LogP contribution >= 0.6 is 11.3 Å². The fourth-order valence-corrected chi connectivity index (χ4v) is 3.29. The third-order valence-corrected chi connectivity index (χ3v) is 4.72. The Kier molecular flexibility index (Phi) is 5.24. The SMILES string of the molecule is NCc1nc(-c2ccc(C(F)(F)F)cc2)sc1COc1cccc(F)c1. The maximum Gasteiger partial charge on any atom is 0.416 e. The first-order valence-corrected chi connectivity index (χ1v) is 8.43. The molecule has 0 saturated carbocycles. The summed E-state index contributed by atoms with van der Waals surface area (Å²) in [5, 5.41) is 0.553. The van der Waals surface area contributed by atoms with Gasteiger partial charge in [-0.25, -0.2) is 9.37 Å². The lowest BCUT2D eigenvalue weighted by Gasteiger charge is -2.06. The Hall–Kier alpha value is -2.45. The third-order valence-electron chi connectivity index (χ3n) is 3.60. The maximum absolute atomic E-state index is 13.2. The number of rotatable bonds is 5. The topological polar surface area (TPSA) is 48.1 Å². The number of alkyl halides is 3. The van der Waals surface area contributed by atoms with Gasteiger partial charge in [0.2, 0.25) is 0 Å². The van der Waals surface area contributed by atoms with E-state index < -0.39 is 17.6 Å². The van der Waals surface area contributed by atoms with Crippen LogP contribution in [0.15, 0.2) is 48.5 Å². The second-order valence-electron chi connectivity index (χ2n) is 5.41. The van der Waals surface area contributed by atoms with Crippen LogP contribution in [0.25, 0.3) is 10.6 Å². The zero-order valence-electron chi connectivity index (χ0n) is 13.4. The van der Waals surface area contributed by atoms with E-state index in [-0.39, 0.29) is 13.2 Å². The Morgan fingerprint density at radius 1 is 1.08 bits per heavy atom. The van der Waals surface area contributed by atoms with Gasteiger partial charge in [-0.3, -0.25) is 0 Å². The van der Waals surface area contributed by atoms with Gasteiger partial charge in [-0.05, 0) is 24.3 Å². The number of hydrogen-bond acceptors (Lipinski definition) is 4. The van der Waals surface area contributed by atoms with Gasteiger partial charge in [0.05, 0.1) is 16.1 Å². The highest BCUT2D eigenvalue weighted by Gasteiger charge is 2.30. The highest BCUT2D eigenvalue weighted by Crippen LogP contribution is 2.33. The summed E-state index contributed by atoms with van der Waals surface area (Å²) in [5.41, 5.74) is 6.14. The minimum Gasteiger partial charge on any atom is -0.488 e. The molecule has 3 rings (SSSR count). The Balaban J connectivity index is 1.80. The number of nitrogens with zero attached hydrogens (tertiary/aromatic N) is 1. The van der Waals surface area contributed by atoms with E-state index in [1.165, 1.54) is 41.7 Å². The fourth-order valence-electron chi connectivity index (χ4n) is 2.29. The number of halogens is 4. The van der Waals surface area contributed by atoms with Gasteiger partial charge in [0, 0.05) is 18.2 Å². The van der Waals surface area contributed by atoms with Crippen molar-refractivity contribution in [3.63, 3.8) is 0 Å². The predicted octanol–water partition coefficient (Wildman–Crippen LogP) is 5.01. The number of hydrogen-bond donors (Lipinski definition) is 1. The summed E-state index contributed by atoms with van der Waals surface area (Å²) in [6.45, 7) is 0.313. The summed E-state index contributed by atoms with van der Waals surface area (Å²) >= 11 is 1.28. The van der Waals surface area contributed by atoms with E-state index in [0.717, 1.165) is 17.0 Å². The molecular formula is C18H14F4N2OS. The first-order chi connectivity index (χ1) is 12.4. The normalized spacial score (nSPS) is 11.6. The average molecular weight is 382 g/mol. The summed E-state index contributed by atoms with van der Waals surface area (Å²) in [6.07, 6.45) is -4.38. The summed E-state index contributed by atoms with van der Waals surface area (Å²) in [6, 6.07) is 10.5. The van der Waals surface area contributed by atoms with Gasteiger partial charge < -0.3 is 10.5 Å². The zero-order valence-corrected chi connectivity index (χ0v) is 14.2. The first-order valence-electron chi connectivity index (χ1n) is 7.61. The zero-order chi connectivity index (χ0) is 18.7. The van der Waals surface area contributed by atoms with E-state index in [4.69, 9.17) is 10.5 Å². The molecule has 0 radical (unpaired) electrons. The molecule has 3 aromatic rings. The van der Waals surface area contributed by atoms with Gasteiger partial charge in [-0.15, -0.1) is 11.3 Å². The molecule has 0 saturated heterocycles. The number of aromatic nitrogens is 1. The molecule has 0 aliphatic rings. The van der Waals surface area contributed by atoms with Gasteiger partial charge in [-0.1, -0.05) is 18.2 Å². The number of thiazole rings is 1. The van der Waals surface area contributed by atoms with Crippen LogP contribution in [0.2, 0.25) is 0 Å². The Labute approximate surface area is 151 Å². The predicted molar refractivity (Wildman–Crippen MR) is 91.2 cm³/mol. The Bertz CT molecular complexity index is 891. The van der Waals surface area contributed by atoms with Crippen molar-refractivity contribution < 1.29 is 22.3 Å². The van der Waals surface area contributed by atoms with Gasteiger partial charge in [-0.2, -0.15) is 13.2 Å². The van der Waals surface area contributed by atoms with Crippen molar-refractivity contribution in [2.45, 2.75) is 19.3 Å². The standard InChI is InChI=1S/C18H14F4N2OS/c19-13-2-1-3-14(8-13)25-10-16-15(9-23)24-17(26-16)11-4-6-12(7-5-11)18(20,21)22/h1-8H,9-10,23H2. The molecule has 1 aromatic heterocycles. The van der Waals surface area contributed by atoms with Crippen molar-refractivity contribution >= 4 is 11.3 Å². The summed E-state index contributed by atoms with van der Waals surface area (Å²) in [7, 11) is 0. The van der Waals surface area contributed by atoms with Gasteiger partial charge in [0.1, 0.15) is 23.2 Å². The summed E-state index contributed by atoms with van der Waals surface area (Å²) in [4.78, 5) is 5.12. The maximum atomic E-state index is 13.2. The van der Waals surface area contributed by atoms with Crippen LogP contribution in [0.1, 0.15) is 16.1 Å². The highest BCUT2D eigenvalue weighted by molar-refractivity contribution is 7.15. The van der Waals surface area contributed by atoms with E-state index >= 15 is 0 Å². The second-order valence-corrected chi connectivity index (χ2v) is 6.50. The molecule has 0 amide bonds. The number of nitrogens with two attached hydrogens (primary N) is 1. The van der Waals surface area contributed by atoms with Crippen LogP contribution in [-0.4, -0.2) is 4.98 Å². The Morgan fingerprint density at radius 2 is 1.81 bits per heavy atom. The van der Waals surface area contributed by atoms with E-state index in [0.29, 0.717) is 22.0 Å². The molecule has 3 nitrogen and oxygen atoms in total. The van der Waals surface area contributed by atoms with Crippen LogP contribution in [-0.2, 0) is 19.3 Å². The molecule has 0 spiro atoms. The molecule has 1 heterocycles.